The Kier molecular flexibility index (Phi) is 3.91. The minimum absolute atomic E-state index is 0.0407. The van der Waals surface area contributed by atoms with E-state index < -0.39 is 16.6 Å². The highest BCUT2D eigenvalue weighted by Gasteiger charge is 2.49. The van der Waals surface area contributed by atoms with Gasteiger partial charge >= 0.3 is 6.03 Å². The van der Waals surface area contributed by atoms with Gasteiger partial charge in [-0.15, -0.1) is 0 Å². The van der Waals surface area contributed by atoms with Gasteiger partial charge in [0.2, 0.25) is 5.91 Å². The van der Waals surface area contributed by atoms with E-state index >= 15 is 0 Å². The molecule has 6 nitrogen and oxygen atoms in total. The molecule has 1 spiro atoms. The Bertz CT molecular complexity index is 903. The lowest BCUT2D eigenvalue weighted by Crippen LogP contribution is -2.41. The number of likely N-dealkylation sites (tertiary alicyclic amines) is 1. The number of carbonyl (C=O) groups excluding carboxylic acids is 2. The van der Waals surface area contributed by atoms with Gasteiger partial charge in [-0.05, 0) is 30.2 Å². The Balaban J connectivity index is 1.66. The number of fused-ring (bicyclic) bond motifs is 2. The van der Waals surface area contributed by atoms with E-state index in [1.807, 2.05) is 0 Å². The number of amides is 3. The molecule has 2 aliphatic rings. The summed E-state index contributed by atoms with van der Waals surface area (Å²) >= 11 is 0.737. The van der Waals surface area contributed by atoms with Crippen molar-refractivity contribution in [2.24, 2.45) is 0 Å². The van der Waals surface area contributed by atoms with Gasteiger partial charge in [0.25, 0.3) is 0 Å². The fourth-order valence-corrected chi connectivity index (χ4v) is 4.32. The molecule has 2 aromatic rings. The molecule has 1 atom stereocenters. The van der Waals surface area contributed by atoms with Crippen molar-refractivity contribution < 1.29 is 18.4 Å². The van der Waals surface area contributed by atoms with Crippen molar-refractivity contribution in [1.82, 2.24) is 9.88 Å². The van der Waals surface area contributed by atoms with E-state index in [1.54, 1.807) is 11.0 Å². The zero-order valence-corrected chi connectivity index (χ0v) is 14.8. The molecule has 1 aromatic heterocycles. The first kappa shape index (κ1) is 16.9. The molecule has 0 aliphatic carbocycles. The first-order valence-electron chi connectivity index (χ1n) is 8.13. The van der Waals surface area contributed by atoms with E-state index in [9.17, 15) is 18.4 Å². The van der Waals surface area contributed by atoms with Crippen LogP contribution in [-0.4, -0.2) is 41.5 Å². The fourth-order valence-electron chi connectivity index (χ4n) is 3.78. The van der Waals surface area contributed by atoms with Crippen molar-refractivity contribution in [1.29, 1.82) is 0 Å². The second kappa shape index (κ2) is 6.01. The molecule has 3 amide bonds. The van der Waals surface area contributed by atoms with Gasteiger partial charge in [0.15, 0.2) is 10.3 Å². The number of hydrogen-bond donors (Lipinski definition) is 1. The van der Waals surface area contributed by atoms with Crippen LogP contribution in [0.25, 0.3) is 0 Å². The largest absolute Gasteiger partial charge is 0.342 e. The summed E-state index contributed by atoms with van der Waals surface area (Å²) in [4.78, 5) is 31.5. The minimum atomic E-state index is -0.492. The lowest BCUT2D eigenvalue weighted by molar-refractivity contribution is -0.127. The molecule has 0 saturated carbocycles. The average molecular weight is 378 g/mol. The van der Waals surface area contributed by atoms with Crippen LogP contribution in [0.1, 0.15) is 18.9 Å². The maximum absolute atomic E-state index is 13.9. The molecule has 0 radical (unpaired) electrons. The molecule has 1 unspecified atom stereocenters. The highest BCUT2D eigenvalue weighted by molar-refractivity contribution is 7.14. The van der Waals surface area contributed by atoms with Crippen LogP contribution in [0.15, 0.2) is 24.4 Å². The topological polar surface area (TPSA) is 65.5 Å². The molecule has 136 valence electrons. The van der Waals surface area contributed by atoms with Crippen molar-refractivity contribution in [2.75, 3.05) is 29.9 Å². The number of nitrogens with one attached hydrogen (secondary N) is 1. The number of carbonyl (C=O) groups is 2. The molecular weight excluding hydrogens is 362 g/mol. The van der Waals surface area contributed by atoms with Gasteiger partial charge in [0.05, 0.1) is 6.20 Å². The van der Waals surface area contributed by atoms with Crippen LogP contribution in [-0.2, 0) is 10.2 Å². The van der Waals surface area contributed by atoms with Crippen LogP contribution in [0.5, 0.6) is 0 Å². The van der Waals surface area contributed by atoms with E-state index in [0.29, 0.717) is 31.7 Å². The molecule has 9 heteroatoms. The molecule has 1 fully saturated rings. The minimum Gasteiger partial charge on any atom is -0.342 e. The van der Waals surface area contributed by atoms with Crippen LogP contribution < -0.4 is 10.2 Å². The summed E-state index contributed by atoms with van der Waals surface area (Å²) < 4.78 is 27.0. The van der Waals surface area contributed by atoms with Gasteiger partial charge in [-0.2, -0.15) is 4.39 Å². The molecule has 1 aromatic carbocycles. The number of rotatable bonds is 1. The third kappa shape index (κ3) is 2.72. The van der Waals surface area contributed by atoms with Gasteiger partial charge in [-0.3, -0.25) is 15.0 Å². The monoisotopic (exact) mass is 378 g/mol. The number of aromatic nitrogens is 1. The second-order valence-corrected chi connectivity index (χ2v) is 7.60. The Morgan fingerprint density at radius 3 is 2.77 bits per heavy atom. The van der Waals surface area contributed by atoms with Crippen molar-refractivity contribution in [3.63, 3.8) is 0 Å². The Labute approximate surface area is 152 Å². The summed E-state index contributed by atoms with van der Waals surface area (Å²) in [6, 6.07) is 3.86. The summed E-state index contributed by atoms with van der Waals surface area (Å²) in [5.41, 5.74) is 0.835. The van der Waals surface area contributed by atoms with Gasteiger partial charge < -0.3 is 4.90 Å². The number of urea groups is 1. The summed E-state index contributed by atoms with van der Waals surface area (Å²) in [5.74, 6) is -0.422. The van der Waals surface area contributed by atoms with Crippen LogP contribution >= 0.6 is 11.3 Å². The predicted molar refractivity (Wildman–Crippen MR) is 93.4 cm³/mol. The smallest absolute Gasteiger partial charge is 0.328 e. The van der Waals surface area contributed by atoms with E-state index in [4.69, 9.17) is 0 Å². The van der Waals surface area contributed by atoms with E-state index in [-0.39, 0.29) is 16.9 Å². The highest BCUT2D eigenvalue weighted by atomic mass is 32.1. The zero-order chi connectivity index (χ0) is 18.5. The first-order chi connectivity index (χ1) is 12.4. The number of thiazole rings is 1. The Hall–Kier alpha value is -2.55. The molecule has 3 heterocycles. The maximum atomic E-state index is 13.9. The van der Waals surface area contributed by atoms with Crippen molar-refractivity contribution in [2.45, 2.75) is 18.8 Å². The number of halogens is 2. The van der Waals surface area contributed by atoms with Crippen LogP contribution in [0, 0.1) is 10.9 Å². The van der Waals surface area contributed by atoms with Gasteiger partial charge in [0, 0.05) is 37.7 Å². The van der Waals surface area contributed by atoms with Crippen molar-refractivity contribution in [3.8, 4) is 0 Å². The number of benzene rings is 1. The third-order valence-corrected chi connectivity index (χ3v) is 5.72. The first-order valence-corrected chi connectivity index (χ1v) is 8.95. The average Bonchev–Trinajstić information content (AvgIpc) is 3.27. The number of anilines is 2. The second-order valence-electron chi connectivity index (χ2n) is 6.62. The Morgan fingerprint density at radius 2 is 2.12 bits per heavy atom. The van der Waals surface area contributed by atoms with E-state index in [1.165, 1.54) is 24.0 Å². The SMILES string of the molecule is CC(=O)N1CCC2(C1)CN(C(=O)Nc1ncc(F)s1)c1ccc(F)cc12. The van der Waals surface area contributed by atoms with Crippen LogP contribution in [0.2, 0.25) is 0 Å². The number of nitrogens with zero attached hydrogens (tertiary/aromatic N) is 3. The third-order valence-electron chi connectivity index (χ3n) is 5.02. The summed E-state index contributed by atoms with van der Waals surface area (Å²) in [7, 11) is 0. The predicted octanol–water partition coefficient (Wildman–Crippen LogP) is 2.96. The van der Waals surface area contributed by atoms with E-state index in [2.05, 4.69) is 10.3 Å². The van der Waals surface area contributed by atoms with E-state index in [0.717, 1.165) is 23.1 Å². The van der Waals surface area contributed by atoms with Gasteiger partial charge in [-0.1, -0.05) is 11.3 Å². The lowest BCUT2D eigenvalue weighted by Gasteiger charge is -2.25. The molecule has 26 heavy (non-hydrogen) atoms. The number of hydrogen-bond acceptors (Lipinski definition) is 4. The van der Waals surface area contributed by atoms with Crippen molar-refractivity contribution >= 4 is 34.1 Å². The van der Waals surface area contributed by atoms with Crippen LogP contribution in [0.4, 0.5) is 24.4 Å². The fraction of sp³-hybridized carbons (Fsp3) is 0.353. The van der Waals surface area contributed by atoms with Crippen molar-refractivity contribution in [3.05, 3.63) is 40.9 Å². The standard InChI is InChI=1S/C17H16F2N4O2S/c1-10(24)22-5-4-17(8-22)9-23(13-3-2-11(18)6-12(13)17)16(25)21-15-20-7-14(19)26-15/h2-3,6-7H,4-5,8-9H2,1H3,(H,20,21,25). The van der Waals surface area contributed by atoms with Gasteiger partial charge in [0.1, 0.15) is 5.82 Å². The Morgan fingerprint density at radius 1 is 1.31 bits per heavy atom. The lowest BCUT2D eigenvalue weighted by atomic mass is 9.81. The summed E-state index contributed by atoms with van der Waals surface area (Å²) in [6.45, 7) is 2.84. The molecule has 1 N–H and O–H groups in total. The van der Waals surface area contributed by atoms with Gasteiger partial charge in [-0.25, -0.2) is 14.2 Å². The van der Waals surface area contributed by atoms with Crippen LogP contribution in [0.3, 0.4) is 0 Å². The summed E-state index contributed by atoms with van der Waals surface area (Å²) in [5, 5.41) is 2.25. The summed E-state index contributed by atoms with van der Waals surface area (Å²) in [6.07, 6.45) is 1.69. The molecule has 1 saturated heterocycles. The molecule has 4 rings (SSSR count). The molecule has 0 bridgehead atoms. The normalized spacial score (nSPS) is 21.3. The maximum Gasteiger partial charge on any atom is 0.328 e. The molecule has 2 aliphatic heterocycles. The quantitative estimate of drug-likeness (QED) is 0.830. The highest BCUT2D eigenvalue weighted by Crippen LogP contribution is 2.46. The molecular formula is C17H16F2N4O2S. The zero-order valence-electron chi connectivity index (χ0n) is 14.0.